The molecule has 0 amide bonds. The standard InChI is InChI=1S/C11H23N5O3SSi/c1-17-21(18-2,19-3)8-4-6-20-7-5-9-14-10(12)16-11(13)15-9/h4-8H2,1-3H3,(H4,12,13,14,15,16). The van der Waals surface area contributed by atoms with Gasteiger partial charge in [0, 0.05) is 39.5 Å². The van der Waals surface area contributed by atoms with Gasteiger partial charge < -0.3 is 24.7 Å². The van der Waals surface area contributed by atoms with Gasteiger partial charge in [0.2, 0.25) is 11.9 Å². The van der Waals surface area contributed by atoms with Crippen molar-refractivity contribution in [1.82, 2.24) is 15.0 Å². The zero-order valence-corrected chi connectivity index (χ0v) is 14.5. The van der Waals surface area contributed by atoms with Crippen molar-refractivity contribution in [3.63, 3.8) is 0 Å². The number of rotatable bonds is 10. The first-order valence-electron chi connectivity index (χ1n) is 6.54. The molecule has 120 valence electrons. The van der Waals surface area contributed by atoms with Gasteiger partial charge in [0.1, 0.15) is 5.82 Å². The number of nitrogens with two attached hydrogens (primary N) is 2. The first kappa shape index (κ1) is 18.1. The molecule has 0 atom stereocenters. The third-order valence-corrected chi connectivity index (χ3v) is 6.79. The Hall–Kier alpha value is -0.943. The van der Waals surface area contributed by atoms with Gasteiger partial charge in [0.25, 0.3) is 0 Å². The lowest BCUT2D eigenvalue weighted by Gasteiger charge is -2.24. The van der Waals surface area contributed by atoms with E-state index in [1.165, 1.54) is 0 Å². The van der Waals surface area contributed by atoms with Crippen LogP contribution in [0.1, 0.15) is 12.2 Å². The minimum absolute atomic E-state index is 0.165. The van der Waals surface area contributed by atoms with Crippen LogP contribution in [-0.4, -0.2) is 56.6 Å². The molecule has 1 aromatic heterocycles. The minimum atomic E-state index is -2.44. The van der Waals surface area contributed by atoms with Crippen molar-refractivity contribution >= 4 is 32.5 Å². The summed E-state index contributed by atoms with van der Waals surface area (Å²) in [5.74, 6) is 2.84. The molecule has 4 N–H and O–H groups in total. The normalized spacial score (nSPS) is 11.8. The van der Waals surface area contributed by atoms with Crippen LogP contribution < -0.4 is 11.5 Å². The van der Waals surface area contributed by atoms with Crippen LogP contribution in [-0.2, 0) is 19.7 Å². The molecule has 0 saturated heterocycles. The number of hydrogen-bond acceptors (Lipinski definition) is 9. The van der Waals surface area contributed by atoms with Gasteiger partial charge in [0.05, 0.1) is 0 Å². The van der Waals surface area contributed by atoms with Crippen LogP contribution >= 0.6 is 11.8 Å². The van der Waals surface area contributed by atoms with E-state index < -0.39 is 8.80 Å². The maximum atomic E-state index is 5.52. The predicted molar refractivity (Wildman–Crippen MR) is 85.9 cm³/mol. The van der Waals surface area contributed by atoms with Crippen molar-refractivity contribution < 1.29 is 13.3 Å². The summed E-state index contributed by atoms with van der Waals surface area (Å²) in [7, 11) is 2.45. The van der Waals surface area contributed by atoms with Crippen LogP contribution in [0, 0.1) is 0 Å². The topological polar surface area (TPSA) is 118 Å². The average Bonchev–Trinajstić information content (AvgIpc) is 2.46. The number of nitrogens with zero attached hydrogens (tertiary/aromatic N) is 3. The molecule has 0 aliphatic rings. The van der Waals surface area contributed by atoms with Gasteiger partial charge in [-0.3, -0.25) is 0 Å². The highest BCUT2D eigenvalue weighted by molar-refractivity contribution is 7.99. The molecular weight excluding hydrogens is 310 g/mol. The van der Waals surface area contributed by atoms with E-state index >= 15 is 0 Å². The molecule has 10 heteroatoms. The Kier molecular flexibility index (Phi) is 7.89. The molecule has 0 spiro atoms. The first-order valence-corrected chi connectivity index (χ1v) is 9.63. The summed E-state index contributed by atoms with van der Waals surface area (Å²) in [6, 6.07) is 0.801. The Morgan fingerprint density at radius 1 is 0.952 bits per heavy atom. The smallest absolute Gasteiger partial charge is 0.377 e. The Morgan fingerprint density at radius 3 is 2.05 bits per heavy atom. The van der Waals surface area contributed by atoms with Crippen LogP contribution in [0.2, 0.25) is 6.04 Å². The fraction of sp³-hybridized carbons (Fsp3) is 0.727. The highest BCUT2D eigenvalue weighted by Crippen LogP contribution is 2.17. The van der Waals surface area contributed by atoms with E-state index in [1.807, 2.05) is 0 Å². The monoisotopic (exact) mass is 333 g/mol. The lowest BCUT2D eigenvalue weighted by Crippen LogP contribution is -2.42. The van der Waals surface area contributed by atoms with Crippen LogP contribution in [0.5, 0.6) is 0 Å². The molecule has 0 aromatic carbocycles. The van der Waals surface area contributed by atoms with Crippen molar-refractivity contribution in [2.75, 3.05) is 44.3 Å². The molecule has 0 unspecified atom stereocenters. The zero-order chi connectivity index (χ0) is 15.7. The molecular formula is C11H23N5O3SSi. The molecule has 0 fully saturated rings. The van der Waals surface area contributed by atoms with E-state index in [2.05, 4.69) is 15.0 Å². The maximum absolute atomic E-state index is 5.52. The fourth-order valence-electron chi connectivity index (χ4n) is 1.78. The van der Waals surface area contributed by atoms with Crippen molar-refractivity contribution in [3.05, 3.63) is 5.82 Å². The third-order valence-electron chi connectivity index (χ3n) is 2.89. The van der Waals surface area contributed by atoms with E-state index in [1.54, 1.807) is 33.1 Å². The largest absolute Gasteiger partial charge is 0.500 e. The predicted octanol–water partition coefficient (Wildman–Crippen LogP) is 0.580. The number of anilines is 2. The van der Waals surface area contributed by atoms with Crippen LogP contribution in [0.15, 0.2) is 0 Å². The van der Waals surface area contributed by atoms with E-state index in [-0.39, 0.29) is 11.9 Å². The van der Waals surface area contributed by atoms with Crippen LogP contribution in [0.3, 0.4) is 0 Å². The van der Waals surface area contributed by atoms with Gasteiger partial charge in [-0.05, 0) is 12.2 Å². The van der Waals surface area contributed by atoms with E-state index in [0.717, 1.165) is 24.0 Å². The Labute approximate surface area is 130 Å². The second-order valence-corrected chi connectivity index (χ2v) is 8.54. The molecule has 0 aliphatic heterocycles. The molecule has 1 aromatic rings. The summed E-state index contributed by atoms with van der Waals surface area (Å²) in [6.07, 6.45) is 1.68. The molecule has 1 rings (SSSR count). The second kappa shape index (κ2) is 9.15. The van der Waals surface area contributed by atoms with Gasteiger partial charge in [-0.1, -0.05) is 0 Å². The molecule has 1 heterocycles. The Morgan fingerprint density at radius 2 is 1.52 bits per heavy atom. The zero-order valence-electron chi connectivity index (χ0n) is 12.7. The SMILES string of the molecule is CO[Si](CCCSCCc1nc(N)nc(N)n1)(OC)OC. The third kappa shape index (κ3) is 6.14. The van der Waals surface area contributed by atoms with Crippen LogP contribution in [0.4, 0.5) is 11.9 Å². The van der Waals surface area contributed by atoms with Gasteiger partial charge in [-0.2, -0.15) is 26.7 Å². The van der Waals surface area contributed by atoms with Crippen molar-refractivity contribution in [1.29, 1.82) is 0 Å². The summed E-state index contributed by atoms with van der Waals surface area (Å²) in [5, 5.41) is 0. The highest BCUT2D eigenvalue weighted by atomic mass is 32.2. The van der Waals surface area contributed by atoms with Gasteiger partial charge >= 0.3 is 8.80 Å². The number of aryl methyl sites for hydroxylation is 1. The highest BCUT2D eigenvalue weighted by Gasteiger charge is 2.36. The Balaban J connectivity index is 2.23. The second-order valence-electron chi connectivity index (χ2n) is 4.23. The molecule has 0 radical (unpaired) electrons. The number of aromatic nitrogens is 3. The maximum Gasteiger partial charge on any atom is 0.500 e. The number of thioether (sulfide) groups is 1. The molecule has 0 aliphatic carbocycles. The fourth-order valence-corrected chi connectivity index (χ4v) is 4.64. The lowest BCUT2D eigenvalue weighted by atomic mass is 10.4. The average molecular weight is 333 g/mol. The van der Waals surface area contributed by atoms with Gasteiger partial charge in [0.15, 0.2) is 0 Å². The summed E-state index contributed by atoms with van der Waals surface area (Å²) >= 11 is 1.81. The summed E-state index contributed by atoms with van der Waals surface area (Å²) in [4.78, 5) is 11.8. The Bertz CT molecular complexity index is 408. The molecule has 21 heavy (non-hydrogen) atoms. The summed E-state index contributed by atoms with van der Waals surface area (Å²) in [6.45, 7) is 0. The van der Waals surface area contributed by atoms with Gasteiger partial charge in [-0.15, -0.1) is 0 Å². The van der Waals surface area contributed by atoms with Gasteiger partial charge in [-0.25, -0.2) is 0 Å². The summed E-state index contributed by atoms with van der Waals surface area (Å²) in [5.41, 5.74) is 11.0. The molecule has 0 saturated carbocycles. The van der Waals surface area contributed by atoms with E-state index in [0.29, 0.717) is 12.2 Å². The molecule has 8 nitrogen and oxygen atoms in total. The van der Waals surface area contributed by atoms with Crippen LogP contribution in [0.25, 0.3) is 0 Å². The van der Waals surface area contributed by atoms with E-state index in [4.69, 9.17) is 24.7 Å². The number of hydrogen-bond donors (Lipinski definition) is 2. The quantitative estimate of drug-likeness (QED) is 0.468. The van der Waals surface area contributed by atoms with Crippen molar-refractivity contribution in [3.8, 4) is 0 Å². The molecule has 0 bridgehead atoms. The van der Waals surface area contributed by atoms with Crippen molar-refractivity contribution in [2.45, 2.75) is 18.9 Å². The van der Waals surface area contributed by atoms with Crippen molar-refractivity contribution in [2.24, 2.45) is 0 Å². The summed E-state index contributed by atoms with van der Waals surface area (Å²) < 4.78 is 16.1. The lowest BCUT2D eigenvalue weighted by molar-refractivity contribution is 0.123. The first-order chi connectivity index (χ1) is 10.0. The van der Waals surface area contributed by atoms with E-state index in [9.17, 15) is 0 Å². The minimum Gasteiger partial charge on any atom is -0.377 e. The number of nitrogen functional groups attached to an aromatic ring is 2.